The highest BCUT2D eigenvalue weighted by Crippen LogP contribution is 2.29. The molecule has 0 unspecified atom stereocenters. The van der Waals surface area contributed by atoms with Crippen LogP contribution in [0, 0.1) is 11.6 Å². The average Bonchev–Trinajstić information content (AvgIpc) is 3.05. The summed E-state index contributed by atoms with van der Waals surface area (Å²) >= 11 is 0. The molecule has 10 heteroatoms. The maximum absolute atomic E-state index is 14.0. The fraction of sp³-hybridized carbons (Fsp3) is 0.0769. The van der Waals surface area contributed by atoms with Crippen LogP contribution < -0.4 is 4.74 Å². The Morgan fingerprint density at radius 1 is 1.09 bits per heavy atom. The number of hydrogen-bond acceptors (Lipinski definition) is 5. The molecule has 0 aliphatic rings. The van der Waals surface area contributed by atoms with E-state index in [2.05, 4.69) is 25.6 Å². The van der Waals surface area contributed by atoms with Crippen molar-refractivity contribution in [3.05, 3.63) is 47.7 Å². The number of halogens is 4. The first-order chi connectivity index (χ1) is 11.0. The number of H-pyrrole nitrogens is 1. The molecule has 0 spiro atoms. The summed E-state index contributed by atoms with van der Waals surface area (Å²) in [6.45, 7) is 0. The highest BCUT2D eigenvalue weighted by atomic mass is 19.3. The summed E-state index contributed by atoms with van der Waals surface area (Å²) in [4.78, 5) is 3.42. The van der Waals surface area contributed by atoms with Gasteiger partial charge < -0.3 is 4.74 Å². The van der Waals surface area contributed by atoms with Crippen LogP contribution in [0.15, 0.2) is 30.5 Å². The maximum atomic E-state index is 14.0. The molecule has 2 heterocycles. The third-order valence-electron chi connectivity index (χ3n) is 2.82. The van der Waals surface area contributed by atoms with Crippen LogP contribution in [0.5, 0.6) is 11.6 Å². The van der Waals surface area contributed by atoms with E-state index in [1.54, 1.807) is 0 Å². The normalized spacial score (nSPS) is 11.0. The van der Waals surface area contributed by atoms with Crippen LogP contribution in [-0.2, 0) is 0 Å². The number of nitrogens with one attached hydrogen (secondary N) is 1. The molecule has 2 aromatic heterocycles. The second kappa shape index (κ2) is 5.99. The van der Waals surface area contributed by atoms with Crippen molar-refractivity contribution in [3.63, 3.8) is 0 Å². The number of rotatable bonds is 4. The molecule has 0 atom stereocenters. The topological polar surface area (TPSA) is 76.6 Å². The summed E-state index contributed by atoms with van der Waals surface area (Å²) in [6, 6.07) is 4.28. The van der Waals surface area contributed by atoms with Gasteiger partial charge in [-0.25, -0.2) is 22.5 Å². The molecule has 0 saturated carbocycles. The average molecular weight is 325 g/mol. The predicted octanol–water partition coefficient (Wildman–Crippen LogP) is 3.27. The van der Waals surface area contributed by atoms with Gasteiger partial charge in [-0.05, 0) is 29.5 Å². The molecule has 1 N–H and O–H groups in total. The SMILES string of the molecule is Fc1cc(-c2nn[nH]n2)ccc1Oc1ncc(C(F)F)cc1F. The number of nitrogens with zero attached hydrogens (tertiary/aromatic N) is 4. The van der Waals surface area contributed by atoms with E-state index >= 15 is 0 Å². The Labute approximate surface area is 126 Å². The minimum atomic E-state index is -2.86. The third kappa shape index (κ3) is 3.10. The van der Waals surface area contributed by atoms with Gasteiger partial charge in [0.15, 0.2) is 17.4 Å². The third-order valence-corrected chi connectivity index (χ3v) is 2.82. The van der Waals surface area contributed by atoms with E-state index in [-0.39, 0.29) is 11.6 Å². The molecule has 0 aliphatic heterocycles. The smallest absolute Gasteiger partial charge is 0.265 e. The van der Waals surface area contributed by atoms with E-state index in [9.17, 15) is 17.6 Å². The zero-order valence-corrected chi connectivity index (χ0v) is 11.2. The minimum absolute atomic E-state index is 0.168. The Kier molecular flexibility index (Phi) is 3.87. The Balaban J connectivity index is 1.86. The van der Waals surface area contributed by atoms with Crippen LogP contribution in [0.3, 0.4) is 0 Å². The van der Waals surface area contributed by atoms with Gasteiger partial charge in [0, 0.05) is 17.3 Å². The lowest BCUT2D eigenvalue weighted by molar-refractivity contribution is 0.150. The van der Waals surface area contributed by atoms with Crippen molar-refractivity contribution in [2.45, 2.75) is 6.43 Å². The summed E-state index contributed by atoms with van der Waals surface area (Å²) in [5.41, 5.74) is -0.271. The van der Waals surface area contributed by atoms with Crippen LogP contribution in [0.25, 0.3) is 11.4 Å². The first-order valence-electron chi connectivity index (χ1n) is 6.19. The van der Waals surface area contributed by atoms with E-state index < -0.39 is 29.5 Å². The Morgan fingerprint density at radius 3 is 2.52 bits per heavy atom. The molecule has 1 aromatic carbocycles. The van der Waals surface area contributed by atoms with Crippen molar-refractivity contribution < 1.29 is 22.3 Å². The summed E-state index contributed by atoms with van der Waals surface area (Å²) in [6.07, 6.45) is -2.11. The first kappa shape index (κ1) is 14.9. The van der Waals surface area contributed by atoms with Crippen LogP contribution in [0.4, 0.5) is 17.6 Å². The molecule has 0 radical (unpaired) electrons. The highest BCUT2D eigenvalue weighted by molar-refractivity contribution is 5.55. The van der Waals surface area contributed by atoms with Gasteiger partial charge >= 0.3 is 0 Å². The van der Waals surface area contributed by atoms with Crippen LogP contribution in [-0.4, -0.2) is 25.6 Å². The fourth-order valence-electron chi connectivity index (χ4n) is 1.75. The molecule has 118 valence electrons. The number of pyridine rings is 1. The number of aromatic nitrogens is 5. The highest BCUT2D eigenvalue weighted by Gasteiger charge is 2.16. The first-order valence-corrected chi connectivity index (χ1v) is 6.19. The van der Waals surface area contributed by atoms with Crippen molar-refractivity contribution in [1.82, 2.24) is 25.6 Å². The summed E-state index contributed by atoms with van der Waals surface area (Å²) in [5.74, 6) is -2.72. The summed E-state index contributed by atoms with van der Waals surface area (Å²) in [5, 5.41) is 12.9. The van der Waals surface area contributed by atoms with Crippen molar-refractivity contribution in [2.24, 2.45) is 0 Å². The molecule has 0 aliphatic carbocycles. The Hall–Kier alpha value is -3.04. The Morgan fingerprint density at radius 2 is 1.91 bits per heavy atom. The number of alkyl halides is 2. The maximum Gasteiger partial charge on any atom is 0.265 e. The number of hydrogen-bond donors (Lipinski definition) is 1. The van der Waals surface area contributed by atoms with E-state index in [1.165, 1.54) is 12.1 Å². The fourth-order valence-corrected chi connectivity index (χ4v) is 1.75. The lowest BCUT2D eigenvalue weighted by Gasteiger charge is -2.08. The van der Waals surface area contributed by atoms with E-state index in [0.717, 1.165) is 12.3 Å². The van der Waals surface area contributed by atoms with Crippen LogP contribution in [0.1, 0.15) is 12.0 Å². The van der Waals surface area contributed by atoms with Crippen molar-refractivity contribution in [1.29, 1.82) is 0 Å². The molecule has 0 saturated heterocycles. The molecule has 3 aromatic rings. The number of benzene rings is 1. The lowest BCUT2D eigenvalue weighted by atomic mass is 10.2. The minimum Gasteiger partial charge on any atom is -0.433 e. The van der Waals surface area contributed by atoms with E-state index in [1.807, 2.05) is 0 Å². The molecule has 0 bridgehead atoms. The van der Waals surface area contributed by atoms with E-state index in [4.69, 9.17) is 4.74 Å². The zero-order valence-electron chi connectivity index (χ0n) is 11.2. The molecule has 6 nitrogen and oxygen atoms in total. The van der Waals surface area contributed by atoms with Crippen LogP contribution in [0.2, 0.25) is 0 Å². The zero-order chi connectivity index (χ0) is 16.4. The van der Waals surface area contributed by atoms with Gasteiger partial charge in [0.2, 0.25) is 5.82 Å². The second-order valence-electron chi connectivity index (χ2n) is 4.34. The second-order valence-corrected chi connectivity index (χ2v) is 4.34. The molecule has 0 fully saturated rings. The lowest BCUT2D eigenvalue weighted by Crippen LogP contribution is -1.97. The van der Waals surface area contributed by atoms with Gasteiger partial charge in [-0.1, -0.05) is 0 Å². The summed E-state index contributed by atoms with van der Waals surface area (Å²) in [7, 11) is 0. The molecule has 23 heavy (non-hydrogen) atoms. The molecular formula is C13H7F4N5O. The summed E-state index contributed by atoms with van der Waals surface area (Å²) < 4.78 is 57.5. The number of aromatic amines is 1. The standard InChI is InChI=1S/C13H7F4N5O/c14-8-3-6(12-19-21-22-20-12)1-2-10(8)23-13-9(15)4-7(5-18-13)11(16)17/h1-5,11H,(H,19,20,21,22). The van der Waals surface area contributed by atoms with E-state index in [0.29, 0.717) is 11.6 Å². The molecular weight excluding hydrogens is 318 g/mol. The van der Waals surface area contributed by atoms with Crippen molar-refractivity contribution in [2.75, 3.05) is 0 Å². The van der Waals surface area contributed by atoms with Gasteiger partial charge in [0.1, 0.15) is 0 Å². The monoisotopic (exact) mass is 325 g/mol. The van der Waals surface area contributed by atoms with Crippen molar-refractivity contribution in [3.8, 4) is 23.0 Å². The number of tetrazole rings is 1. The van der Waals surface area contributed by atoms with Gasteiger partial charge in [-0.15, -0.1) is 10.2 Å². The quantitative estimate of drug-likeness (QED) is 0.745. The predicted molar refractivity (Wildman–Crippen MR) is 68.8 cm³/mol. The largest absolute Gasteiger partial charge is 0.433 e. The van der Waals surface area contributed by atoms with Gasteiger partial charge in [0.05, 0.1) is 0 Å². The van der Waals surface area contributed by atoms with Gasteiger partial charge in [0.25, 0.3) is 12.3 Å². The van der Waals surface area contributed by atoms with Gasteiger partial charge in [-0.3, -0.25) is 0 Å². The van der Waals surface area contributed by atoms with Crippen LogP contribution >= 0.6 is 0 Å². The Bertz CT molecular complexity index is 825. The molecule has 0 amide bonds. The molecule has 3 rings (SSSR count). The van der Waals surface area contributed by atoms with Gasteiger partial charge in [-0.2, -0.15) is 5.21 Å². The van der Waals surface area contributed by atoms with Crippen molar-refractivity contribution >= 4 is 0 Å². The number of ether oxygens (including phenoxy) is 1.